The van der Waals surface area contributed by atoms with Crippen LogP contribution < -0.4 is 4.90 Å². The summed E-state index contributed by atoms with van der Waals surface area (Å²) in [7, 11) is 0. The molecule has 3 aromatic carbocycles. The molecule has 2 amide bonds. The molecule has 1 fully saturated rings. The summed E-state index contributed by atoms with van der Waals surface area (Å²) in [4.78, 5) is 54.4. The van der Waals surface area contributed by atoms with Crippen LogP contribution in [0.3, 0.4) is 0 Å². The molecule has 216 valence electrons. The Bertz CT molecular complexity index is 1710. The summed E-state index contributed by atoms with van der Waals surface area (Å²) in [5.74, 6) is -2.09. The maximum Gasteiger partial charge on any atom is 0.338 e. The number of esters is 1. The first-order valence-corrected chi connectivity index (χ1v) is 13.3. The lowest BCUT2D eigenvalue weighted by Gasteiger charge is -2.38. The quantitative estimate of drug-likeness (QED) is 0.226. The molecular formula is C31H25N5O7. The predicted octanol–water partition coefficient (Wildman–Crippen LogP) is 2.79. The number of aliphatic hydroxyl groups is 2. The van der Waals surface area contributed by atoms with Crippen LogP contribution in [0.4, 0.5) is 5.82 Å². The van der Waals surface area contributed by atoms with Crippen molar-refractivity contribution in [3.63, 3.8) is 0 Å². The summed E-state index contributed by atoms with van der Waals surface area (Å²) in [6, 6.07) is 24.7. The monoisotopic (exact) mass is 579 g/mol. The summed E-state index contributed by atoms with van der Waals surface area (Å²) >= 11 is 0. The number of benzene rings is 3. The van der Waals surface area contributed by atoms with E-state index in [1.165, 1.54) is 17.2 Å². The predicted molar refractivity (Wildman–Crippen MR) is 152 cm³/mol. The number of rotatable bonds is 6. The molecular weight excluding hydrogens is 554 g/mol. The highest BCUT2D eigenvalue weighted by Crippen LogP contribution is 2.32. The number of nitrogens with zero attached hydrogens (tertiary/aromatic N) is 5. The van der Waals surface area contributed by atoms with Gasteiger partial charge >= 0.3 is 5.97 Å². The molecule has 4 atom stereocenters. The molecule has 6 rings (SSSR count). The molecule has 0 spiro atoms. The van der Waals surface area contributed by atoms with Gasteiger partial charge in [0.05, 0.1) is 18.5 Å². The van der Waals surface area contributed by atoms with Gasteiger partial charge in [0.25, 0.3) is 11.8 Å². The van der Waals surface area contributed by atoms with E-state index in [1.54, 1.807) is 91.0 Å². The first-order chi connectivity index (χ1) is 20.9. The maximum absolute atomic E-state index is 13.8. The van der Waals surface area contributed by atoms with E-state index in [-0.39, 0.29) is 40.3 Å². The number of imide groups is 1. The number of carbonyl (C=O) groups is 3. The number of fused-ring (bicyclic) bond motifs is 1. The normalized spacial score (nSPS) is 20.0. The minimum atomic E-state index is -1.50. The number of aliphatic hydroxyl groups excluding tert-OH is 2. The van der Waals surface area contributed by atoms with Crippen molar-refractivity contribution >= 4 is 34.8 Å². The van der Waals surface area contributed by atoms with E-state index in [9.17, 15) is 24.6 Å². The average molecular weight is 580 g/mol. The molecule has 0 bridgehead atoms. The van der Waals surface area contributed by atoms with Crippen molar-refractivity contribution in [2.75, 3.05) is 11.5 Å². The van der Waals surface area contributed by atoms with Gasteiger partial charge in [-0.15, -0.1) is 0 Å². The molecule has 1 saturated heterocycles. The summed E-state index contributed by atoms with van der Waals surface area (Å²) in [6.45, 7) is -0.270. The zero-order chi connectivity index (χ0) is 29.9. The van der Waals surface area contributed by atoms with Crippen molar-refractivity contribution in [1.29, 1.82) is 0 Å². The van der Waals surface area contributed by atoms with Gasteiger partial charge < -0.3 is 19.7 Å². The van der Waals surface area contributed by atoms with Crippen LogP contribution in [0.15, 0.2) is 104 Å². The summed E-state index contributed by atoms with van der Waals surface area (Å²) in [5.41, 5.74) is 0.944. The van der Waals surface area contributed by atoms with Crippen molar-refractivity contribution in [1.82, 2.24) is 19.5 Å². The second kappa shape index (κ2) is 11.9. The molecule has 12 heteroatoms. The van der Waals surface area contributed by atoms with Crippen molar-refractivity contribution in [3.05, 3.63) is 120 Å². The Morgan fingerprint density at radius 3 is 1.93 bits per heavy atom. The molecule has 1 unspecified atom stereocenters. The first kappa shape index (κ1) is 27.8. The zero-order valence-corrected chi connectivity index (χ0v) is 22.5. The summed E-state index contributed by atoms with van der Waals surface area (Å²) < 4.78 is 12.9. The second-order valence-electron chi connectivity index (χ2n) is 9.72. The number of hydrogen-bond acceptors (Lipinski definition) is 10. The van der Waals surface area contributed by atoms with Gasteiger partial charge in [-0.05, 0) is 36.4 Å². The Labute approximate surface area is 244 Å². The summed E-state index contributed by atoms with van der Waals surface area (Å²) in [6.07, 6.45) is -2.87. The number of ether oxygens (including phenoxy) is 2. The Morgan fingerprint density at radius 2 is 1.35 bits per heavy atom. The fourth-order valence-electron chi connectivity index (χ4n) is 4.80. The number of hydrogen-bond donors (Lipinski definition) is 2. The highest BCUT2D eigenvalue weighted by Gasteiger charge is 2.44. The van der Waals surface area contributed by atoms with Gasteiger partial charge in [0.15, 0.2) is 29.3 Å². The van der Waals surface area contributed by atoms with Crippen LogP contribution in [0.5, 0.6) is 0 Å². The lowest BCUT2D eigenvalue weighted by molar-refractivity contribution is -0.210. The van der Waals surface area contributed by atoms with Crippen LogP contribution in [0, 0.1) is 0 Å². The minimum absolute atomic E-state index is 0.0772. The van der Waals surface area contributed by atoms with Crippen LogP contribution in [-0.2, 0) is 9.47 Å². The van der Waals surface area contributed by atoms with E-state index in [0.29, 0.717) is 0 Å². The Morgan fingerprint density at radius 1 is 0.791 bits per heavy atom. The Balaban J connectivity index is 1.42. The van der Waals surface area contributed by atoms with Crippen molar-refractivity contribution in [3.8, 4) is 0 Å². The number of aromatic nitrogens is 4. The van der Waals surface area contributed by atoms with Crippen molar-refractivity contribution < 1.29 is 34.1 Å². The molecule has 2 aromatic heterocycles. The fourth-order valence-corrected chi connectivity index (χ4v) is 4.80. The Kier molecular flexibility index (Phi) is 7.71. The van der Waals surface area contributed by atoms with Crippen LogP contribution in [0.2, 0.25) is 0 Å². The third-order valence-electron chi connectivity index (χ3n) is 6.98. The average Bonchev–Trinajstić information content (AvgIpc) is 3.49. The van der Waals surface area contributed by atoms with Gasteiger partial charge in [0.2, 0.25) is 0 Å². The van der Waals surface area contributed by atoms with Gasteiger partial charge in [-0.3, -0.25) is 14.2 Å². The minimum Gasteiger partial charge on any atom is -0.451 e. The Hall–Kier alpha value is -5.30. The number of anilines is 1. The largest absolute Gasteiger partial charge is 0.451 e. The topological polar surface area (TPSA) is 157 Å². The third-order valence-corrected chi connectivity index (χ3v) is 6.98. The molecule has 3 heterocycles. The van der Waals surface area contributed by atoms with Crippen molar-refractivity contribution in [2.45, 2.75) is 24.5 Å². The molecule has 5 aromatic rings. The van der Waals surface area contributed by atoms with Crippen LogP contribution in [0.1, 0.15) is 37.3 Å². The van der Waals surface area contributed by atoms with Crippen LogP contribution in [-0.4, -0.2) is 72.4 Å². The van der Waals surface area contributed by atoms with Gasteiger partial charge in [0.1, 0.15) is 18.5 Å². The van der Waals surface area contributed by atoms with E-state index in [0.717, 1.165) is 4.90 Å². The molecule has 2 N–H and O–H groups in total. The molecule has 1 aliphatic heterocycles. The lowest BCUT2D eigenvalue weighted by Crippen LogP contribution is -2.52. The second-order valence-corrected chi connectivity index (χ2v) is 9.72. The van der Waals surface area contributed by atoms with E-state index in [2.05, 4.69) is 15.0 Å². The molecule has 0 aliphatic carbocycles. The number of imidazole rings is 1. The van der Waals surface area contributed by atoms with Gasteiger partial charge in [-0.25, -0.2) is 24.6 Å². The third kappa shape index (κ3) is 5.37. The highest BCUT2D eigenvalue weighted by atomic mass is 16.6. The van der Waals surface area contributed by atoms with Gasteiger partial charge in [-0.2, -0.15) is 0 Å². The molecule has 0 radical (unpaired) electrons. The van der Waals surface area contributed by atoms with Gasteiger partial charge in [-0.1, -0.05) is 54.6 Å². The molecule has 12 nitrogen and oxygen atoms in total. The van der Waals surface area contributed by atoms with E-state index < -0.39 is 42.3 Å². The van der Waals surface area contributed by atoms with Crippen LogP contribution >= 0.6 is 0 Å². The molecule has 1 aliphatic rings. The fraction of sp³-hybridized carbons (Fsp3) is 0.161. The number of carbonyl (C=O) groups excluding carboxylic acids is 3. The lowest BCUT2D eigenvalue weighted by atomic mass is 10.0. The zero-order valence-electron chi connectivity index (χ0n) is 22.5. The van der Waals surface area contributed by atoms with Gasteiger partial charge in [0, 0.05) is 11.1 Å². The highest BCUT2D eigenvalue weighted by molar-refractivity contribution is 6.27. The standard InChI is InChI=1S/C31H25N5O7/c37-22-16-42-30(25(24(22)38)43-31(41)21-14-8-3-9-15-21)35-18-34-23-26(35)32-17-33-27(23)36(28(39)19-10-4-1-5-11-19)29(40)20-12-6-2-7-13-20/h1-15,17-18,22,24-25,30,37-38H,16H2/t22-,24-,25+,30?/m0/s1. The van der Waals surface area contributed by atoms with E-state index >= 15 is 0 Å². The maximum atomic E-state index is 13.8. The summed E-state index contributed by atoms with van der Waals surface area (Å²) in [5, 5.41) is 21.2. The number of amides is 2. The smallest absolute Gasteiger partial charge is 0.338 e. The SMILES string of the molecule is O=C(O[C@H]1C(n2cnc3c(N(C(=O)c4ccccc4)C(=O)c4ccccc4)ncnc32)OC[C@H](O)[C@@H]1O)c1ccccc1. The van der Waals surface area contributed by atoms with E-state index in [1.807, 2.05) is 0 Å². The molecule has 43 heavy (non-hydrogen) atoms. The van der Waals surface area contributed by atoms with Crippen molar-refractivity contribution in [2.24, 2.45) is 0 Å². The first-order valence-electron chi connectivity index (χ1n) is 13.3. The molecule has 0 saturated carbocycles. The van der Waals surface area contributed by atoms with Crippen LogP contribution in [0.25, 0.3) is 11.2 Å². The van der Waals surface area contributed by atoms with E-state index in [4.69, 9.17) is 9.47 Å².